The Labute approximate surface area is 127 Å². The van der Waals surface area contributed by atoms with E-state index in [1.54, 1.807) is 0 Å². The van der Waals surface area contributed by atoms with Crippen molar-refractivity contribution in [1.29, 1.82) is 0 Å². The third kappa shape index (κ3) is 3.30. The minimum absolute atomic E-state index is 1.19. The van der Waals surface area contributed by atoms with Crippen LogP contribution in [0.5, 0.6) is 0 Å². The molecule has 2 heterocycles. The van der Waals surface area contributed by atoms with E-state index in [1.165, 1.54) is 73.3 Å². The summed E-state index contributed by atoms with van der Waals surface area (Å²) in [6, 6.07) is 6.89. The van der Waals surface area contributed by atoms with Gasteiger partial charge in [-0.05, 0) is 63.5 Å². The molecule has 0 radical (unpaired) electrons. The molecule has 0 amide bonds. The highest BCUT2D eigenvalue weighted by molar-refractivity contribution is 5.84. The molecule has 21 heavy (non-hydrogen) atoms. The molecule has 114 valence electrons. The van der Waals surface area contributed by atoms with Crippen LogP contribution in [0.25, 0.3) is 10.9 Å². The summed E-state index contributed by atoms with van der Waals surface area (Å²) in [6.45, 7) is 10.5. The van der Waals surface area contributed by atoms with E-state index in [2.05, 4.69) is 53.9 Å². The van der Waals surface area contributed by atoms with Crippen LogP contribution in [0.3, 0.4) is 0 Å². The fourth-order valence-electron chi connectivity index (χ4n) is 3.24. The Morgan fingerprint density at radius 1 is 1.10 bits per heavy atom. The number of nitrogens with zero attached hydrogens (tertiary/aromatic N) is 2. The summed E-state index contributed by atoms with van der Waals surface area (Å²) in [7, 11) is 2.22. The zero-order chi connectivity index (χ0) is 14.8. The molecule has 0 spiro atoms. The zero-order valence-corrected chi connectivity index (χ0v) is 13.6. The number of nitrogens with one attached hydrogen (secondary N) is 1. The van der Waals surface area contributed by atoms with Crippen LogP contribution in [0.4, 0.5) is 0 Å². The second kappa shape index (κ2) is 6.20. The number of hydrogen-bond acceptors (Lipinski definition) is 2. The SMILES string of the molecule is Cc1[nH]c2ccc(CCCN3CCN(C)CC3)cc2c1C. The highest BCUT2D eigenvalue weighted by Crippen LogP contribution is 2.23. The molecule has 1 aromatic heterocycles. The van der Waals surface area contributed by atoms with Crippen LogP contribution in [0, 0.1) is 13.8 Å². The number of benzene rings is 1. The van der Waals surface area contributed by atoms with Gasteiger partial charge in [-0.1, -0.05) is 6.07 Å². The van der Waals surface area contributed by atoms with Crippen LogP contribution in [0.1, 0.15) is 23.2 Å². The smallest absolute Gasteiger partial charge is 0.0458 e. The average molecular weight is 285 g/mol. The number of fused-ring (bicyclic) bond motifs is 1. The van der Waals surface area contributed by atoms with Crippen molar-refractivity contribution in [1.82, 2.24) is 14.8 Å². The molecule has 1 aliphatic rings. The molecular formula is C18H27N3. The first kappa shape index (κ1) is 14.6. The topological polar surface area (TPSA) is 22.3 Å². The van der Waals surface area contributed by atoms with Crippen LogP contribution in [-0.2, 0) is 6.42 Å². The van der Waals surface area contributed by atoms with E-state index >= 15 is 0 Å². The Hall–Kier alpha value is -1.32. The molecule has 2 aromatic rings. The normalized spacial score (nSPS) is 17.7. The van der Waals surface area contributed by atoms with Crippen molar-refractivity contribution in [2.45, 2.75) is 26.7 Å². The van der Waals surface area contributed by atoms with E-state index in [4.69, 9.17) is 0 Å². The van der Waals surface area contributed by atoms with Crippen LogP contribution in [0.2, 0.25) is 0 Å². The minimum atomic E-state index is 1.19. The largest absolute Gasteiger partial charge is 0.358 e. The van der Waals surface area contributed by atoms with Crippen molar-refractivity contribution in [2.24, 2.45) is 0 Å². The Bertz CT molecular complexity index is 606. The first-order valence-corrected chi connectivity index (χ1v) is 8.12. The Morgan fingerprint density at radius 2 is 1.86 bits per heavy atom. The van der Waals surface area contributed by atoms with Crippen LogP contribution < -0.4 is 0 Å². The number of rotatable bonds is 4. The van der Waals surface area contributed by atoms with Gasteiger partial charge in [-0.2, -0.15) is 0 Å². The molecule has 3 rings (SSSR count). The number of aromatic amines is 1. The summed E-state index contributed by atoms with van der Waals surface area (Å²) < 4.78 is 0. The predicted molar refractivity (Wildman–Crippen MR) is 90.0 cm³/mol. The van der Waals surface area contributed by atoms with E-state index in [-0.39, 0.29) is 0 Å². The quantitative estimate of drug-likeness (QED) is 0.933. The molecular weight excluding hydrogens is 258 g/mol. The molecule has 1 fully saturated rings. The molecule has 1 aromatic carbocycles. The van der Waals surface area contributed by atoms with Gasteiger partial charge in [0.2, 0.25) is 0 Å². The standard InChI is InChI=1S/C18H27N3/c1-14-15(2)19-18-7-6-16(13-17(14)18)5-4-8-21-11-9-20(3)10-12-21/h6-7,13,19H,4-5,8-12H2,1-3H3. The number of hydrogen-bond donors (Lipinski definition) is 1. The van der Waals surface area contributed by atoms with Gasteiger partial charge in [0.05, 0.1) is 0 Å². The van der Waals surface area contributed by atoms with Gasteiger partial charge in [-0.3, -0.25) is 0 Å². The maximum Gasteiger partial charge on any atom is 0.0458 e. The summed E-state index contributed by atoms with van der Waals surface area (Å²) in [6.07, 6.45) is 2.45. The third-order valence-electron chi connectivity index (χ3n) is 4.91. The van der Waals surface area contributed by atoms with Crippen molar-refractivity contribution in [3.8, 4) is 0 Å². The molecule has 1 N–H and O–H groups in total. The molecule has 3 heteroatoms. The average Bonchev–Trinajstić information content (AvgIpc) is 2.77. The van der Waals surface area contributed by atoms with Crippen molar-refractivity contribution in [2.75, 3.05) is 39.8 Å². The van der Waals surface area contributed by atoms with Gasteiger partial charge in [0.15, 0.2) is 0 Å². The third-order valence-corrected chi connectivity index (χ3v) is 4.91. The van der Waals surface area contributed by atoms with Crippen molar-refractivity contribution in [3.63, 3.8) is 0 Å². The first-order chi connectivity index (χ1) is 10.1. The van der Waals surface area contributed by atoms with Gasteiger partial charge in [-0.15, -0.1) is 0 Å². The molecule has 0 bridgehead atoms. The number of aromatic nitrogens is 1. The van der Waals surface area contributed by atoms with E-state index in [1.807, 2.05) is 0 Å². The van der Waals surface area contributed by atoms with E-state index < -0.39 is 0 Å². The van der Waals surface area contributed by atoms with Crippen molar-refractivity contribution >= 4 is 10.9 Å². The fraction of sp³-hybridized carbons (Fsp3) is 0.556. The molecule has 0 aliphatic carbocycles. The predicted octanol–water partition coefficient (Wildman–Crippen LogP) is 2.96. The maximum absolute atomic E-state index is 3.45. The monoisotopic (exact) mass is 285 g/mol. The minimum Gasteiger partial charge on any atom is -0.358 e. The zero-order valence-electron chi connectivity index (χ0n) is 13.6. The lowest BCUT2D eigenvalue weighted by Crippen LogP contribution is -2.44. The van der Waals surface area contributed by atoms with E-state index in [0.717, 1.165) is 0 Å². The van der Waals surface area contributed by atoms with Crippen molar-refractivity contribution < 1.29 is 0 Å². The van der Waals surface area contributed by atoms with Gasteiger partial charge < -0.3 is 14.8 Å². The first-order valence-electron chi connectivity index (χ1n) is 8.12. The van der Waals surface area contributed by atoms with Crippen molar-refractivity contribution in [3.05, 3.63) is 35.0 Å². The van der Waals surface area contributed by atoms with Gasteiger partial charge >= 0.3 is 0 Å². The molecule has 0 atom stereocenters. The summed E-state index contributed by atoms with van der Waals surface area (Å²) in [5.74, 6) is 0. The molecule has 1 aliphatic heterocycles. The summed E-state index contributed by atoms with van der Waals surface area (Å²) in [4.78, 5) is 8.47. The lowest BCUT2D eigenvalue weighted by Gasteiger charge is -2.32. The van der Waals surface area contributed by atoms with Gasteiger partial charge in [-0.25, -0.2) is 0 Å². The van der Waals surface area contributed by atoms with Crippen LogP contribution >= 0.6 is 0 Å². The lowest BCUT2D eigenvalue weighted by molar-refractivity contribution is 0.153. The van der Waals surface area contributed by atoms with Gasteiger partial charge in [0.25, 0.3) is 0 Å². The molecule has 0 saturated carbocycles. The Kier molecular flexibility index (Phi) is 4.32. The lowest BCUT2D eigenvalue weighted by atomic mass is 10.0. The highest BCUT2D eigenvalue weighted by Gasteiger charge is 2.13. The highest BCUT2D eigenvalue weighted by atomic mass is 15.2. The molecule has 3 nitrogen and oxygen atoms in total. The van der Waals surface area contributed by atoms with Crippen LogP contribution in [-0.4, -0.2) is 54.6 Å². The molecule has 1 saturated heterocycles. The number of aryl methyl sites for hydroxylation is 3. The number of H-pyrrole nitrogens is 1. The van der Waals surface area contributed by atoms with Gasteiger partial charge in [0.1, 0.15) is 0 Å². The second-order valence-electron chi connectivity index (χ2n) is 6.50. The number of piperazine rings is 1. The summed E-state index contributed by atoms with van der Waals surface area (Å²) in [5.41, 5.74) is 5.43. The maximum atomic E-state index is 3.45. The van der Waals surface area contributed by atoms with E-state index in [9.17, 15) is 0 Å². The van der Waals surface area contributed by atoms with E-state index in [0.29, 0.717) is 0 Å². The summed E-state index contributed by atoms with van der Waals surface area (Å²) >= 11 is 0. The summed E-state index contributed by atoms with van der Waals surface area (Å²) in [5, 5.41) is 1.39. The number of likely N-dealkylation sites (N-methyl/N-ethyl adjacent to an activating group) is 1. The second-order valence-corrected chi connectivity index (χ2v) is 6.50. The fourth-order valence-corrected chi connectivity index (χ4v) is 3.24. The van der Waals surface area contributed by atoms with Crippen LogP contribution in [0.15, 0.2) is 18.2 Å². The van der Waals surface area contributed by atoms with Gasteiger partial charge in [0, 0.05) is 42.8 Å². The molecule has 0 unspecified atom stereocenters. The Balaban J connectivity index is 1.57. The Morgan fingerprint density at radius 3 is 2.62 bits per heavy atom.